The quantitative estimate of drug-likeness (QED) is 0.722. The third-order valence-corrected chi connectivity index (χ3v) is 4.29. The van der Waals surface area contributed by atoms with E-state index in [0.29, 0.717) is 17.6 Å². The molecule has 0 atom stereocenters. The summed E-state index contributed by atoms with van der Waals surface area (Å²) in [7, 11) is 0. The minimum Gasteiger partial charge on any atom is -0.352 e. The highest BCUT2D eigenvalue weighted by atomic mass is 16.2. The molecule has 0 aliphatic rings. The van der Waals surface area contributed by atoms with Crippen molar-refractivity contribution < 1.29 is 9.59 Å². The van der Waals surface area contributed by atoms with E-state index in [4.69, 9.17) is 0 Å². The first-order valence-electron chi connectivity index (χ1n) is 9.23. The standard InChI is InChI=1S/C23H23N3O2/c1-18-10-12-19(13-11-18)17-26-16-6-5-9-21(26)25-22(27)14-15-24-23(28)20-7-3-2-4-8-20/h2-13,16H,14-15,17H2,1H3,(H,24,28). The van der Waals surface area contributed by atoms with E-state index in [2.05, 4.69) is 41.5 Å². The minimum absolute atomic E-state index is 0.151. The number of amides is 2. The van der Waals surface area contributed by atoms with Gasteiger partial charge in [0.15, 0.2) is 0 Å². The van der Waals surface area contributed by atoms with Crippen molar-refractivity contribution in [2.75, 3.05) is 6.54 Å². The number of hydrogen-bond donors (Lipinski definition) is 1. The maximum atomic E-state index is 12.2. The number of rotatable bonds is 6. The molecule has 5 heteroatoms. The van der Waals surface area contributed by atoms with Gasteiger partial charge in [-0.1, -0.05) is 54.1 Å². The highest BCUT2D eigenvalue weighted by molar-refractivity contribution is 5.94. The molecular formula is C23H23N3O2. The van der Waals surface area contributed by atoms with Crippen molar-refractivity contribution in [1.82, 2.24) is 9.88 Å². The molecule has 2 amide bonds. The molecule has 3 rings (SSSR count). The zero-order valence-corrected chi connectivity index (χ0v) is 15.8. The fourth-order valence-electron chi connectivity index (χ4n) is 2.75. The largest absolute Gasteiger partial charge is 0.352 e. The van der Waals surface area contributed by atoms with Gasteiger partial charge in [-0.2, -0.15) is 4.99 Å². The van der Waals surface area contributed by atoms with Crippen LogP contribution in [0.1, 0.15) is 27.9 Å². The maximum Gasteiger partial charge on any atom is 0.251 e. The molecule has 0 radical (unpaired) electrons. The molecule has 0 aliphatic carbocycles. The number of hydrogen-bond acceptors (Lipinski definition) is 2. The fourth-order valence-corrected chi connectivity index (χ4v) is 2.75. The van der Waals surface area contributed by atoms with Crippen molar-refractivity contribution in [2.24, 2.45) is 4.99 Å². The predicted octanol–water partition coefficient (Wildman–Crippen LogP) is 3.09. The Bertz CT molecular complexity index is 1010. The van der Waals surface area contributed by atoms with Gasteiger partial charge in [-0.25, -0.2) is 0 Å². The molecule has 0 unspecified atom stereocenters. The van der Waals surface area contributed by atoms with Gasteiger partial charge in [0.1, 0.15) is 5.49 Å². The van der Waals surface area contributed by atoms with Crippen LogP contribution in [0.5, 0.6) is 0 Å². The lowest BCUT2D eigenvalue weighted by molar-refractivity contribution is -0.118. The Labute approximate surface area is 164 Å². The van der Waals surface area contributed by atoms with Crippen molar-refractivity contribution in [1.29, 1.82) is 0 Å². The van der Waals surface area contributed by atoms with E-state index < -0.39 is 0 Å². The number of nitrogens with one attached hydrogen (secondary N) is 1. The van der Waals surface area contributed by atoms with Crippen molar-refractivity contribution >= 4 is 11.8 Å². The van der Waals surface area contributed by atoms with Gasteiger partial charge < -0.3 is 9.88 Å². The Morgan fingerprint density at radius 3 is 2.39 bits per heavy atom. The van der Waals surface area contributed by atoms with Crippen LogP contribution in [0.3, 0.4) is 0 Å². The van der Waals surface area contributed by atoms with Crippen LogP contribution in [0.15, 0.2) is 84.0 Å². The van der Waals surface area contributed by atoms with Gasteiger partial charge in [0.2, 0.25) is 5.91 Å². The van der Waals surface area contributed by atoms with Crippen molar-refractivity contribution in [3.8, 4) is 0 Å². The van der Waals surface area contributed by atoms with Gasteiger partial charge >= 0.3 is 0 Å². The number of pyridine rings is 1. The van der Waals surface area contributed by atoms with E-state index in [1.165, 1.54) is 5.56 Å². The molecule has 0 bridgehead atoms. The summed E-state index contributed by atoms with van der Waals surface area (Å²) in [6.07, 6.45) is 2.06. The summed E-state index contributed by atoms with van der Waals surface area (Å²) in [5.74, 6) is -0.459. The van der Waals surface area contributed by atoms with Crippen LogP contribution in [0.2, 0.25) is 0 Å². The van der Waals surface area contributed by atoms with E-state index >= 15 is 0 Å². The SMILES string of the molecule is Cc1ccc(Cn2ccccc2=NC(=O)CCNC(=O)c2ccccc2)cc1. The Balaban J connectivity index is 1.62. The Morgan fingerprint density at radius 2 is 1.64 bits per heavy atom. The van der Waals surface area contributed by atoms with Gasteiger partial charge in [-0.15, -0.1) is 0 Å². The highest BCUT2D eigenvalue weighted by Crippen LogP contribution is 2.04. The molecule has 2 aromatic carbocycles. The fraction of sp³-hybridized carbons (Fsp3) is 0.174. The minimum atomic E-state index is -0.266. The molecule has 142 valence electrons. The molecule has 3 aromatic rings. The number of benzene rings is 2. The van der Waals surface area contributed by atoms with Crippen LogP contribution in [-0.4, -0.2) is 22.9 Å². The number of aryl methyl sites for hydroxylation is 1. The predicted molar refractivity (Wildman–Crippen MR) is 109 cm³/mol. The molecule has 5 nitrogen and oxygen atoms in total. The molecule has 0 saturated carbocycles. The molecule has 0 aliphatic heterocycles. The Hall–Kier alpha value is -3.47. The monoisotopic (exact) mass is 373 g/mol. The third-order valence-electron chi connectivity index (χ3n) is 4.29. The summed E-state index contributed by atoms with van der Waals surface area (Å²) in [6, 6.07) is 22.8. The first-order valence-corrected chi connectivity index (χ1v) is 9.23. The van der Waals surface area contributed by atoms with Gasteiger partial charge in [-0.05, 0) is 36.8 Å². The zero-order chi connectivity index (χ0) is 19.8. The second-order valence-electron chi connectivity index (χ2n) is 6.55. The number of nitrogens with zero attached hydrogens (tertiary/aromatic N) is 2. The molecule has 28 heavy (non-hydrogen) atoms. The average molecular weight is 373 g/mol. The van der Waals surface area contributed by atoms with Gasteiger partial charge in [-0.3, -0.25) is 9.59 Å². The van der Waals surface area contributed by atoms with Crippen LogP contribution in [-0.2, 0) is 11.3 Å². The second kappa shape index (κ2) is 9.46. The molecule has 0 fully saturated rings. The summed E-state index contributed by atoms with van der Waals surface area (Å²) < 4.78 is 1.94. The summed E-state index contributed by atoms with van der Waals surface area (Å²) in [6.45, 7) is 2.94. The smallest absolute Gasteiger partial charge is 0.251 e. The average Bonchev–Trinajstić information content (AvgIpc) is 2.72. The van der Waals surface area contributed by atoms with E-state index in [1.54, 1.807) is 24.3 Å². The van der Waals surface area contributed by atoms with E-state index in [0.717, 1.165) is 5.56 Å². The normalized spacial score (nSPS) is 11.2. The molecule has 0 saturated heterocycles. The Morgan fingerprint density at radius 1 is 0.929 bits per heavy atom. The summed E-state index contributed by atoms with van der Waals surface area (Å²) in [4.78, 5) is 28.5. The van der Waals surface area contributed by atoms with Crippen LogP contribution < -0.4 is 10.8 Å². The first kappa shape index (κ1) is 19.3. The molecule has 1 heterocycles. The molecule has 1 N–H and O–H groups in total. The topological polar surface area (TPSA) is 63.5 Å². The van der Waals surface area contributed by atoms with Crippen LogP contribution >= 0.6 is 0 Å². The van der Waals surface area contributed by atoms with Crippen molar-refractivity contribution in [3.05, 3.63) is 101 Å². The third kappa shape index (κ3) is 5.51. The zero-order valence-electron chi connectivity index (χ0n) is 15.8. The molecule has 0 spiro atoms. The van der Waals surface area contributed by atoms with E-state index in [-0.39, 0.29) is 24.8 Å². The van der Waals surface area contributed by atoms with Crippen LogP contribution in [0, 0.1) is 6.92 Å². The van der Waals surface area contributed by atoms with Crippen molar-refractivity contribution in [2.45, 2.75) is 19.9 Å². The van der Waals surface area contributed by atoms with Crippen LogP contribution in [0.4, 0.5) is 0 Å². The van der Waals surface area contributed by atoms with Gasteiger partial charge in [0.05, 0.1) is 0 Å². The number of carbonyl (C=O) groups is 2. The number of carbonyl (C=O) groups excluding carboxylic acids is 2. The highest BCUT2D eigenvalue weighted by Gasteiger charge is 2.06. The van der Waals surface area contributed by atoms with E-state index in [1.807, 2.05) is 35.0 Å². The lowest BCUT2D eigenvalue weighted by Crippen LogP contribution is -2.27. The van der Waals surface area contributed by atoms with Gasteiger partial charge in [0, 0.05) is 31.3 Å². The van der Waals surface area contributed by atoms with Gasteiger partial charge in [0.25, 0.3) is 5.91 Å². The summed E-state index contributed by atoms with van der Waals surface area (Å²) in [5.41, 5.74) is 3.52. The summed E-state index contributed by atoms with van der Waals surface area (Å²) >= 11 is 0. The Kier molecular flexibility index (Phi) is 6.52. The lowest BCUT2D eigenvalue weighted by atomic mass is 10.1. The molecular weight excluding hydrogens is 350 g/mol. The second-order valence-corrected chi connectivity index (χ2v) is 6.55. The number of aromatic nitrogens is 1. The first-order chi connectivity index (χ1) is 13.6. The van der Waals surface area contributed by atoms with Crippen LogP contribution in [0.25, 0.3) is 0 Å². The van der Waals surface area contributed by atoms with E-state index in [9.17, 15) is 9.59 Å². The molecule has 1 aromatic heterocycles. The summed E-state index contributed by atoms with van der Waals surface area (Å²) in [5, 5.41) is 2.75. The maximum absolute atomic E-state index is 12.2. The van der Waals surface area contributed by atoms with Crippen molar-refractivity contribution in [3.63, 3.8) is 0 Å². The lowest BCUT2D eigenvalue weighted by Gasteiger charge is -2.08.